The van der Waals surface area contributed by atoms with Crippen molar-refractivity contribution in [3.63, 3.8) is 0 Å². The Morgan fingerprint density at radius 3 is 2.54 bits per heavy atom. The molecule has 0 aromatic heterocycles. The lowest BCUT2D eigenvalue weighted by atomic mass is 10.1. The van der Waals surface area contributed by atoms with Gasteiger partial charge in [-0.05, 0) is 18.8 Å². The average molecular weight is 206 g/mol. The molecule has 0 bridgehead atoms. The molecule has 1 rings (SSSR count). The van der Waals surface area contributed by atoms with Gasteiger partial charge in [0.2, 0.25) is 0 Å². The van der Waals surface area contributed by atoms with E-state index in [-0.39, 0.29) is 0 Å². The van der Waals surface area contributed by atoms with Crippen LogP contribution in [-0.2, 0) is 4.74 Å². The minimum atomic E-state index is 0.488. The first-order valence-corrected chi connectivity index (χ1v) is 5.60. The fourth-order valence-corrected chi connectivity index (χ4v) is 1.91. The second-order valence-corrected chi connectivity index (χ2v) is 4.30. The molecule has 0 spiro atoms. The van der Waals surface area contributed by atoms with Crippen molar-refractivity contribution in [3.8, 4) is 0 Å². The highest BCUT2D eigenvalue weighted by atomic mass is 35.5. The molecule has 3 heteroatoms. The summed E-state index contributed by atoms with van der Waals surface area (Å²) in [4.78, 5) is 2.49. The molecular formula is C10H20ClNO. The maximum atomic E-state index is 5.78. The van der Waals surface area contributed by atoms with E-state index in [9.17, 15) is 0 Å². The Kier molecular flexibility index (Phi) is 5.07. The summed E-state index contributed by atoms with van der Waals surface area (Å²) < 4.78 is 5.32. The minimum absolute atomic E-state index is 0.488. The molecule has 0 radical (unpaired) electrons. The van der Waals surface area contributed by atoms with Crippen LogP contribution in [0.1, 0.15) is 19.8 Å². The van der Waals surface area contributed by atoms with Gasteiger partial charge < -0.3 is 9.64 Å². The van der Waals surface area contributed by atoms with Crippen molar-refractivity contribution in [3.05, 3.63) is 0 Å². The van der Waals surface area contributed by atoms with Gasteiger partial charge >= 0.3 is 0 Å². The van der Waals surface area contributed by atoms with Gasteiger partial charge in [-0.15, -0.1) is 11.6 Å². The van der Waals surface area contributed by atoms with Crippen LogP contribution in [-0.4, -0.2) is 43.6 Å². The van der Waals surface area contributed by atoms with Crippen molar-refractivity contribution in [2.45, 2.75) is 25.9 Å². The third kappa shape index (κ3) is 3.84. The van der Waals surface area contributed by atoms with Crippen LogP contribution in [0.4, 0.5) is 0 Å². The van der Waals surface area contributed by atoms with E-state index < -0.39 is 0 Å². The third-order valence-electron chi connectivity index (χ3n) is 2.70. The Labute approximate surface area is 86.2 Å². The summed E-state index contributed by atoms with van der Waals surface area (Å²) in [5.41, 5.74) is 0. The molecule has 0 aromatic carbocycles. The second-order valence-electron chi connectivity index (χ2n) is 4.00. The summed E-state index contributed by atoms with van der Waals surface area (Å²) in [5, 5.41) is 0. The largest absolute Gasteiger partial charge is 0.381 e. The van der Waals surface area contributed by atoms with Crippen LogP contribution in [0.5, 0.6) is 0 Å². The van der Waals surface area contributed by atoms with E-state index in [1.807, 2.05) is 7.11 Å². The van der Waals surface area contributed by atoms with Gasteiger partial charge in [-0.25, -0.2) is 0 Å². The summed E-state index contributed by atoms with van der Waals surface area (Å²) in [7, 11) is 1.81. The van der Waals surface area contributed by atoms with Crippen molar-refractivity contribution >= 4 is 11.6 Å². The maximum absolute atomic E-state index is 5.78. The number of piperidine rings is 1. The first-order valence-electron chi connectivity index (χ1n) is 5.07. The SMILES string of the molecule is COC1CCN(CC(C)CCl)CC1. The second kappa shape index (κ2) is 5.84. The Balaban J connectivity index is 2.17. The molecule has 1 unspecified atom stereocenters. The summed E-state index contributed by atoms with van der Waals surface area (Å²) in [6.07, 6.45) is 2.83. The molecule has 0 aromatic rings. The Bertz CT molecular complexity index is 135. The highest BCUT2D eigenvalue weighted by Crippen LogP contribution is 2.14. The number of rotatable bonds is 4. The highest BCUT2D eigenvalue weighted by molar-refractivity contribution is 6.18. The predicted molar refractivity (Wildman–Crippen MR) is 56.4 cm³/mol. The van der Waals surface area contributed by atoms with E-state index in [4.69, 9.17) is 16.3 Å². The molecule has 0 saturated carbocycles. The number of likely N-dealkylation sites (tertiary alicyclic amines) is 1. The smallest absolute Gasteiger partial charge is 0.0595 e. The Morgan fingerprint density at radius 2 is 2.08 bits per heavy atom. The van der Waals surface area contributed by atoms with Crippen molar-refractivity contribution < 1.29 is 4.74 Å². The molecular weight excluding hydrogens is 186 g/mol. The number of hydrogen-bond acceptors (Lipinski definition) is 2. The van der Waals surface area contributed by atoms with Crippen LogP contribution in [0, 0.1) is 5.92 Å². The lowest BCUT2D eigenvalue weighted by Crippen LogP contribution is -2.39. The van der Waals surface area contributed by atoms with Gasteiger partial charge in [-0.3, -0.25) is 0 Å². The molecule has 0 N–H and O–H groups in total. The molecule has 1 heterocycles. The number of ether oxygens (including phenoxy) is 1. The van der Waals surface area contributed by atoms with Gasteiger partial charge in [-0.2, -0.15) is 0 Å². The van der Waals surface area contributed by atoms with Gasteiger partial charge in [-0.1, -0.05) is 6.92 Å². The van der Waals surface area contributed by atoms with E-state index in [0.717, 1.165) is 12.4 Å². The van der Waals surface area contributed by atoms with Crippen molar-refractivity contribution in [2.75, 3.05) is 32.6 Å². The molecule has 1 atom stereocenters. The first kappa shape index (κ1) is 11.3. The molecule has 0 aliphatic carbocycles. The van der Waals surface area contributed by atoms with Crippen LogP contribution in [0.25, 0.3) is 0 Å². The van der Waals surface area contributed by atoms with E-state index in [0.29, 0.717) is 12.0 Å². The van der Waals surface area contributed by atoms with Crippen LogP contribution in [0.3, 0.4) is 0 Å². The fraction of sp³-hybridized carbons (Fsp3) is 1.00. The number of nitrogens with zero attached hydrogens (tertiary/aromatic N) is 1. The summed E-state index contributed by atoms with van der Waals surface area (Å²) >= 11 is 5.78. The molecule has 1 aliphatic heterocycles. The molecule has 1 saturated heterocycles. The van der Waals surface area contributed by atoms with Gasteiger partial charge in [0.15, 0.2) is 0 Å². The summed E-state index contributed by atoms with van der Waals surface area (Å²) in [6, 6.07) is 0. The van der Waals surface area contributed by atoms with Gasteiger partial charge in [0.05, 0.1) is 6.10 Å². The summed E-state index contributed by atoms with van der Waals surface area (Å²) in [5.74, 6) is 1.38. The zero-order chi connectivity index (χ0) is 9.68. The van der Waals surface area contributed by atoms with E-state index in [1.165, 1.54) is 25.9 Å². The van der Waals surface area contributed by atoms with Crippen LogP contribution >= 0.6 is 11.6 Å². The average Bonchev–Trinajstić information content (AvgIpc) is 2.19. The van der Waals surface area contributed by atoms with Crippen molar-refractivity contribution in [1.82, 2.24) is 4.90 Å². The van der Waals surface area contributed by atoms with E-state index in [2.05, 4.69) is 11.8 Å². The quantitative estimate of drug-likeness (QED) is 0.651. The van der Waals surface area contributed by atoms with Crippen LogP contribution < -0.4 is 0 Å². The number of methoxy groups -OCH3 is 1. The lowest BCUT2D eigenvalue weighted by molar-refractivity contribution is 0.0381. The lowest BCUT2D eigenvalue weighted by Gasteiger charge is -2.32. The monoisotopic (exact) mass is 205 g/mol. The van der Waals surface area contributed by atoms with E-state index >= 15 is 0 Å². The molecule has 13 heavy (non-hydrogen) atoms. The maximum Gasteiger partial charge on any atom is 0.0595 e. The zero-order valence-electron chi connectivity index (χ0n) is 8.63. The fourth-order valence-electron chi connectivity index (χ4n) is 1.82. The number of alkyl halides is 1. The zero-order valence-corrected chi connectivity index (χ0v) is 9.39. The molecule has 1 fully saturated rings. The van der Waals surface area contributed by atoms with E-state index in [1.54, 1.807) is 0 Å². The van der Waals surface area contributed by atoms with Crippen LogP contribution in [0.15, 0.2) is 0 Å². The normalized spacial score (nSPS) is 23.3. The Morgan fingerprint density at radius 1 is 1.46 bits per heavy atom. The minimum Gasteiger partial charge on any atom is -0.381 e. The molecule has 1 aliphatic rings. The highest BCUT2D eigenvalue weighted by Gasteiger charge is 2.19. The molecule has 0 amide bonds. The summed E-state index contributed by atoms with van der Waals surface area (Å²) in [6.45, 7) is 5.68. The van der Waals surface area contributed by atoms with Gasteiger partial charge in [0, 0.05) is 32.6 Å². The predicted octanol–water partition coefficient (Wildman–Crippen LogP) is 1.97. The molecule has 78 valence electrons. The Hall–Kier alpha value is 0.210. The third-order valence-corrected chi connectivity index (χ3v) is 3.23. The van der Waals surface area contributed by atoms with Crippen molar-refractivity contribution in [1.29, 1.82) is 0 Å². The van der Waals surface area contributed by atoms with Crippen LogP contribution in [0.2, 0.25) is 0 Å². The number of hydrogen-bond donors (Lipinski definition) is 0. The first-order chi connectivity index (χ1) is 6.26. The van der Waals surface area contributed by atoms with Gasteiger partial charge in [0.1, 0.15) is 0 Å². The van der Waals surface area contributed by atoms with Gasteiger partial charge in [0.25, 0.3) is 0 Å². The standard InChI is InChI=1S/C10H20ClNO/c1-9(7-11)8-12-5-3-10(13-2)4-6-12/h9-10H,3-8H2,1-2H3. The number of halogens is 1. The molecule has 2 nitrogen and oxygen atoms in total. The topological polar surface area (TPSA) is 12.5 Å². The van der Waals surface area contributed by atoms with Crippen molar-refractivity contribution in [2.24, 2.45) is 5.92 Å².